The summed E-state index contributed by atoms with van der Waals surface area (Å²) in [5.41, 5.74) is 0.803. The largest absolute Gasteiger partial charge is 0.274 e. The number of nitrogens with zero attached hydrogens (tertiary/aromatic N) is 3. The van der Waals surface area contributed by atoms with Crippen molar-refractivity contribution in [2.24, 2.45) is 0 Å². The summed E-state index contributed by atoms with van der Waals surface area (Å²) in [6.45, 7) is 1.52. The monoisotopic (exact) mass is 149 g/mol. The van der Waals surface area contributed by atoms with Crippen molar-refractivity contribution in [1.29, 1.82) is 0 Å². The average molecular weight is 149 g/mol. The zero-order valence-corrected chi connectivity index (χ0v) is 6.06. The molecule has 0 amide bonds. The SMILES string of the molecule is CC(=O)n1ccn2nccc12. The molecule has 4 heteroatoms. The van der Waals surface area contributed by atoms with Gasteiger partial charge in [0.1, 0.15) is 5.65 Å². The second-order valence-corrected chi connectivity index (χ2v) is 2.32. The van der Waals surface area contributed by atoms with Crippen LogP contribution in [0.4, 0.5) is 0 Å². The number of aromatic nitrogens is 3. The minimum absolute atomic E-state index is 0.000463. The number of rotatable bonds is 0. The Kier molecular flexibility index (Phi) is 1.09. The summed E-state index contributed by atoms with van der Waals surface area (Å²) in [4.78, 5) is 10.9. The van der Waals surface area contributed by atoms with Gasteiger partial charge in [-0.3, -0.25) is 9.36 Å². The van der Waals surface area contributed by atoms with Crippen LogP contribution in [-0.4, -0.2) is 20.1 Å². The summed E-state index contributed by atoms with van der Waals surface area (Å²) < 4.78 is 3.20. The highest BCUT2D eigenvalue weighted by atomic mass is 16.1. The van der Waals surface area contributed by atoms with Gasteiger partial charge in [0.05, 0.1) is 6.20 Å². The highest BCUT2D eigenvalue weighted by molar-refractivity contribution is 5.80. The number of carbonyl (C=O) groups excluding carboxylic acids is 1. The van der Waals surface area contributed by atoms with Crippen molar-refractivity contribution in [2.45, 2.75) is 6.92 Å². The molecule has 2 aromatic rings. The zero-order chi connectivity index (χ0) is 7.84. The maximum absolute atomic E-state index is 10.9. The lowest BCUT2D eigenvalue weighted by Crippen LogP contribution is -2.02. The highest BCUT2D eigenvalue weighted by Gasteiger charge is 2.02. The third-order valence-electron chi connectivity index (χ3n) is 1.59. The van der Waals surface area contributed by atoms with E-state index in [4.69, 9.17) is 0 Å². The van der Waals surface area contributed by atoms with E-state index in [0.717, 1.165) is 5.65 Å². The van der Waals surface area contributed by atoms with E-state index in [-0.39, 0.29) is 5.91 Å². The van der Waals surface area contributed by atoms with E-state index in [9.17, 15) is 4.79 Å². The normalized spacial score (nSPS) is 10.6. The molecule has 0 saturated heterocycles. The van der Waals surface area contributed by atoms with Gasteiger partial charge in [0.25, 0.3) is 0 Å². The molecule has 0 saturated carbocycles. The number of hydrogen-bond acceptors (Lipinski definition) is 2. The number of imidazole rings is 1. The Bertz CT molecular complexity index is 398. The summed E-state index contributed by atoms with van der Waals surface area (Å²) in [7, 11) is 0. The fourth-order valence-corrected chi connectivity index (χ4v) is 1.09. The van der Waals surface area contributed by atoms with Gasteiger partial charge in [0.15, 0.2) is 0 Å². The Hall–Kier alpha value is -1.58. The Morgan fingerprint density at radius 1 is 1.55 bits per heavy atom. The van der Waals surface area contributed by atoms with E-state index in [0.29, 0.717) is 0 Å². The molecular weight excluding hydrogens is 142 g/mol. The van der Waals surface area contributed by atoms with Crippen LogP contribution in [0.2, 0.25) is 0 Å². The van der Waals surface area contributed by atoms with Crippen LogP contribution >= 0.6 is 0 Å². The summed E-state index contributed by atoms with van der Waals surface area (Å²) in [5.74, 6) is 0.000463. The summed E-state index contributed by atoms with van der Waals surface area (Å²) in [5, 5.41) is 3.97. The van der Waals surface area contributed by atoms with Crippen molar-refractivity contribution in [3.05, 3.63) is 24.7 Å². The summed E-state index contributed by atoms with van der Waals surface area (Å²) >= 11 is 0. The predicted molar refractivity (Wildman–Crippen MR) is 39.5 cm³/mol. The molecule has 0 spiro atoms. The lowest BCUT2D eigenvalue weighted by molar-refractivity contribution is 0.0941. The molecule has 56 valence electrons. The molecule has 0 aliphatic carbocycles. The average Bonchev–Trinajstić information content (AvgIpc) is 2.41. The molecule has 11 heavy (non-hydrogen) atoms. The van der Waals surface area contributed by atoms with Crippen LogP contribution in [0, 0.1) is 0 Å². The van der Waals surface area contributed by atoms with E-state index in [1.807, 2.05) is 0 Å². The standard InChI is InChI=1S/C7H7N3O/c1-6(11)9-4-5-10-7(9)2-3-8-10/h2-5H,1H3. The van der Waals surface area contributed by atoms with E-state index in [1.165, 1.54) is 6.92 Å². The summed E-state index contributed by atoms with van der Waals surface area (Å²) in [6, 6.07) is 1.79. The Balaban J connectivity index is 2.78. The van der Waals surface area contributed by atoms with Crippen LogP contribution in [0.1, 0.15) is 11.7 Å². The molecule has 0 N–H and O–H groups in total. The van der Waals surface area contributed by atoms with Gasteiger partial charge in [-0.2, -0.15) is 5.10 Å². The minimum Gasteiger partial charge on any atom is -0.274 e. The lowest BCUT2D eigenvalue weighted by atomic mass is 10.6. The van der Waals surface area contributed by atoms with Crippen LogP contribution in [0.5, 0.6) is 0 Å². The molecule has 2 heterocycles. The molecule has 0 atom stereocenters. The maximum Gasteiger partial charge on any atom is 0.229 e. The van der Waals surface area contributed by atoms with Gasteiger partial charge in [0.2, 0.25) is 5.91 Å². The van der Waals surface area contributed by atoms with E-state index in [1.54, 1.807) is 33.7 Å². The quantitative estimate of drug-likeness (QED) is 0.555. The first-order valence-corrected chi connectivity index (χ1v) is 3.30. The Morgan fingerprint density at radius 2 is 2.36 bits per heavy atom. The molecular formula is C7H7N3O. The molecule has 2 rings (SSSR count). The van der Waals surface area contributed by atoms with Gasteiger partial charge >= 0.3 is 0 Å². The zero-order valence-electron chi connectivity index (χ0n) is 6.06. The third-order valence-corrected chi connectivity index (χ3v) is 1.59. The highest BCUT2D eigenvalue weighted by Crippen LogP contribution is 2.02. The molecule has 2 aromatic heterocycles. The number of fused-ring (bicyclic) bond motifs is 1. The van der Waals surface area contributed by atoms with Gasteiger partial charge in [-0.1, -0.05) is 0 Å². The van der Waals surface area contributed by atoms with Crippen LogP contribution in [-0.2, 0) is 0 Å². The van der Waals surface area contributed by atoms with Crippen molar-refractivity contribution in [1.82, 2.24) is 14.2 Å². The first-order chi connectivity index (χ1) is 5.29. The summed E-state index contributed by atoms with van der Waals surface area (Å²) in [6.07, 6.45) is 5.11. The van der Waals surface area contributed by atoms with Gasteiger partial charge < -0.3 is 0 Å². The second kappa shape index (κ2) is 1.95. The van der Waals surface area contributed by atoms with Crippen molar-refractivity contribution in [2.75, 3.05) is 0 Å². The predicted octanol–water partition coefficient (Wildman–Crippen LogP) is 0.796. The first-order valence-electron chi connectivity index (χ1n) is 3.30. The molecule has 0 bridgehead atoms. The van der Waals surface area contributed by atoms with E-state index >= 15 is 0 Å². The van der Waals surface area contributed by atoms with Gasteiger partial charge in [-0.25, -0.2) is 4.52 Å². The lowest BCUT2D eigenvalue weighted by Gasteiger charge is -1.92. The Labute approximate surface area is 63.0 Å². The topological polar surface area (TPSA) is 39.3 Å². The minimum atomic E-state index is 0.000463. The van der Waals surface area contributed by atoms with Crippen LogP contribution < -0.4 is 0 Å². The van der Waals surface area contributed by atoms with Crippen LogP contribution in [0.25, 0.3) is 5.65 Å². The third kappa shape index (κ3) is 0.756. The smallest absolute Gasteiger partial charge is 0.229 e. The number of carbonyl (C=O) groups is 1. The molecule has 4 nitrogen and oxygen atoms in total. The number of hydrogen-bond donors (Lipinski definition) is 0. The van der Waals surface area contributed by atoms with Crippen molar-refractivity contribution in [3.63, 3.8) is 0 Å². The second-order valence-electron chi connectivity index (χ2n) is 2.32. The van der Waals surface area contributed by atoms with E-state index in [2.05, 4.69) is 5.10 Å². The Morgan fingerprint density at radius 3 is 3.09 bits per heavy atom. The first kappa shape index (κ1) is 6.15. The molecule has 0 unspecified atom stereocenters. The maximum atomic E-state index is 10.9. The van der Waals surface area contributed by atoms with Crippen molar-refractivity contribution >= 4 is 11.6 Å². The van der Waals surface area contributed by atoms with Crippen molar-refractivity contribution in [3.8, 4) is 0 Å². The van der Waals surface area contributed by atoms with Gasteiger partial charge in [0, 0.05) is 25.4 Å². The molecule has 0 fully saturated rings. The molecule has 0 radical (unpaired) electrons. The van der Waals surface area contributed by atoms with Crippen LogP contribution in [0.15, 0.2) is 24.7 Å². The van der Waals surface area contributed by atoms with Crippen LogP contribution in [0.3, 0.4) is 0 Å². The fraction of sp³-hybridized carbons (Fsp3) is 0.143. The van der Waals surface area contributed by atoms with Crippen molar-refractivity contribution < 1.29 is 4.79 Å². The molecule has 0 aliphatic heterocycles. The fourth-order valence-electron chi connectivity index (χ4n) is 1.09. The molecule has 0 aromatic carbocycles. The van der Waals surface area contributed by atoms with Gasteiger partial charge in [-0.05, 0) is 0 Å². The van der Waals surface area contributed by atoms with Gasteiger partial charge in [-0.15, -0.1) is 0 Å². The molecule has 0 aliphatic rings. The van der Waals surface area contributed by atoms with E-state index < -0.39 is 0 Å².